The molecule has 3 aromatic carbocycles. The van der Waals surface area contributed by atoms with Crippen LogP contribution in [0.5, 0.6) is 0 Å². The SMILES string of the molecule is O=C(CCS(=O)(=O)c1ccccc1Cl)OCC(=O)N1c2ccccc2Sc2ccccc21. The highest BCUT2D eigenvalue weighted by Crippen LogP contribution is 2.47. The second-order valence-electron chi connectivity index (χ2n) is 6.93. The lowest BCUT2D eigenvalue weighted by atomic mass is 10.2. The third-order valence-corrected chi connectivity index (χ3v) is 8.12. The molecule has 0 radical (unpaired) electrons. The number of para-hydroxylation sites is 2. The molecule has 0 fully saturated rings. The fourth-order valence-corrected chi connectivity index (χ4v) is 6.13. The Labute approximate surface area is 195 Å². The average molecular weight is 488 g/mol. The van der Waals surface area contributed by atoms with Crippen LogP contribution >= 0.6 is 23.4 Å². The number of benzene rings is 3. The maximum atomic E-state index is 13.0. The topological polar surface area (TPSA) is 80.7 Å². The number of rotatable bonds is 6. The molecule has 0 aromatic heterocycles. The van der Waals surface area contributed by atoms with Gasteiger partial charge in [0, 0.05) is 9.79 Å². The lowest BCUT2D eigenvalue weighted by molar-refractivity contribution is -0.147. The Morgan fingerprint density at radius 3 is 2.06 bits per heavy atom. The van der Waals surface area contributed by atoms with Crippen molar-refractivity contribution in [3.05, 3.63) is 77.8 Å². The molecule has 6 nitrogen and oxygen atoms in total. The van der Waals surface area contributed by atoms with Crippen LogP contribution in [0.25, 0.3) is 0 Å². The van der Waals surface area contributed by atoms with Crippen LogP contribution in [-0.4, -0.2) is 32.7 Å². The molecular weight excluding hydrogens is 470 g/mol. The fraction of sp³-hybridized carbons (Fsp3) is 0.130. The van der Waals surface area contributed by atoms with E-state index in [4.69, 9.17) is 16.3 Å². The molecule has 9 heteroatoms. The van der Waals surface area contributed by atoms with Gasteiger partial charge in [-0.25, -0.2) is 8.42 Å². The summed E-state index contributed by atoms with van der Waals surface area (Å²) in [6.07, 6.45) is -0.385. The van der Waals surface area contributed by atoms with E-state index in [2.05, 4.69) is 0 Å². The second kappa shape index (κ2) is 9.36. The van der Waals surface area contributed by atoms with Gasteiger partial charge in [-0.3, -0.25) is 14.5 Å². The lowest BCUT2D eigenvalue weighted by Gasteiger charge is -2.30. The first kappa shape index (κ1) is 22.4. The zero-order valence-corrected chi connectivity index (χ0v) is 19.1. The van der Waals surface area contributed by atoms with E-state index in [0.717, 1.165) is 9.79 Å². The third-order valence-electron chi connectivity index (χ3n) is 4.78. The predicted octanol–water partition coefficient (Wildman–Crippen LogP) is 4.88. The van der Waals surface area contributed by atoms with E-state index in [-0.39, 0.29) is 16.3 Å². The molecule has 164 valence electrons. The van der Waals surface area contributed by atoms with Crippen molar-refractivity contribution in [2.75, 3.05) is 17.3 Å². The van der Waals surface area contributed by atoms with Gasteiger partial charge >= 0.3 is 5.97 Å². The number of halogens is 1. The molecule has 0 unspecified atom stereocenters. The van der Waals surface area contributed by atoms with Crippen molar-refractivity contribution in [1.29, 1.82) is 0 Å². The monoisotopic (exact) mass is 487 g/mol. The Hall–Kier alpha value is -2.81. The van der Waals surface area contributed by atoms with Crippen LogP contribution in [0.3, 0.4) is 0 Å². The Bertz CT molecular complexity index is 1250. The zero-order chi connectivity index (χ0) is 22.7. The molecule has 1 heterocycles. The molecule has 1 amide bonds. The summed E-state index contributed by atoms with van der Waals surface area (Å²) in [7, 11) is -3.76. The van der Waals surface area contributed by atoms with Crippen molar-refractivity contribution >= 4 is 56.5 Å². The number of carbonyl (C=O) groups excluding carboxylic acids is 2. The summed E-state index contributed by atoms with van der Waals surface area (Å²) in [5, 5.41) is 0.0938. The van der Waals surface area contributed by atoms with Crippen molar-refractivity contribution < 1.29 is 22.7 Å². The van der Waals surface area contributed by atoms with E-state index in [1.54, 1.807) is 23.9 Å². The summed E-state index contributed by atoms with van der Waals surface area (Å²) in [5.74, 6) is -1.66. The van der Waals surface area contributed by atoms with Crippen molar-refractivity contribution in [3.8, 4) is 0 Å². The van der Waals surface area contributed by atoms with E-state index in [1.807, 2.05) is 48.5 Å². The number of esters is 1. The molecule has 0 spiro atoms. The highest BCUT2D eigenvalue weighted by atomic mass is 35.5. The van der Waals surface area contributed by atoms with E-state index >= 15 is 0 Å². The maximum Gasteiger partial charge on any atom is 0.307 e. The predicted molar refractivity (Wildman–Crippen MR) is 123 cm³/mol. The zero-order valence-electron chi connectivity index (χ0n) is 16.7. The van der Waals surface area contributed by atoms with E-state index in [1.165, 1.54) is 17.0 Å². The van der Waals surface area contributed by atoms with E-state index in [9.17, 15) is 18.0 Å². The molecule has 0 saturated heterocycles. The number of hydrogen-bond donors (Lipinski definition) is 0. The highest BCUT2D eigenvalue weighted by molar-refractivity contribution is 7.99. The van der Waals surface area contributed by atoms with Gasteiger partial charge in [0.2, 0.25) is 0 Å². The van der Waals surface area contributed by atoms with Gasteiger partial charge in [-0.1, -0.05) is 59.8 Å². The van der Waals surface area contributed by atoms with Gasteiger partial charge in [-0.2, -0.15) is 0 Å². The number of nitrogens with zero attached hydrogens (tertiary/aromatic N) is 1. The van der Waals surface area contributed by atoms with Gasteiger partial charge in [0.1, 0.15) is 0 Å². The van der Waals surface area contributed by atoms with Crippen LogP contribution in [0.2, 0.25) is 5.02 Å². The molecule has 4 rings (SSSR count). The minimum atomic E-state index is -3.76. The Morgan fingerprint density at radius 1 is 0.875 bits per heavy atom. The molecule has 0 atom stereocenters. The van der Waals surface area contributed by atoms with Gasteiger partial charge in [0.15, 0.2) is 16.4 Å². The van der Waals surface area contributed by atoms with Crippen LogP contribution < -0.4 is 4.90 Å². The number of carbonyl (C=O) groups is 2. The minimum Gasteiger partial charge on any atom is -0.456 e. The number of fused-ring (bicyclic) bond motifs is 2. The van der Waals surface area contributed by atoms with Gasteiger partial charge in [0.05, 0.1) is 33.5 Å². The summed E-state index contributed by atoms with van der Waals surface area (Å²) in [5.41, 5.74) is 1.41. The molecular formula is C23H18ClNO5S2. The van der Waals surface area contributed by atoms with Gasteiger partial charge in [-0.15, -0.1) is 0 Å². The highest BCUT2D eigenvalue weighted by Gasteiger charge is 2.28. The quantitative estimate of drug-likeness (QED) is 0.461. The van der Waals surface area contributed by atoms with Crippen molar-refractivity contribution in [1.82, 2.24) is 0 Å². The lowest BCUT2D eigenvalue weighted by Crippen LogP contribution is -2.32. The molecule has 0 N–H and O–H groups in total. The number of sulfone groups is 1. The summed E-state index contributed by atoms with van der Waals surface area (Å²) < 4.78 is 30.0. The van der Waals surface area contributed by atoms with Crippen LogP contribution in [0.15, 0.2) is 87.5 Å². The van der Waals surface area contributed by atoms with Crippen LogP contribution in [0.1, 0.15) is 6.42 Å². The smallest absolute Gasteiger partial charge is 0.307 e. The van der Waals surface area contributed by atoms with Gasteiger partial charge in [-0.05, 0) is 36.4 Å². The second-order valence-corrected chi connectivity index (χ2v) is 10.5. The van der Waals surface area contributed by atoms with Gasteiger partial charge < -0.3 is 4.74 Å². The first-order chi connectivity index (χ1) is 15.4. The standard InChI is InChI=1S/C23H18ClNO5S2/c24-16-7-1-6-12-21(16)32(28,29)14-13-23(27)30-15-22(26)25-17-8-2-4-10-19(17)31-20-11-5-3-9-18(20)25/h1-12H,13-15H2. The molecule has 32 heavy (non-hydrogen) atoms. The first-order valence-electron chi connectivity index (χ1n) is 9.68. The van der Waals surface area contributed by atoms with Crippen molar-refractivity contribution in [2.24, 2.45) is 0 Å². The third kappa shape index (κ3) is 4.67. The van der Waals surface area contributed by atoms with Crippen LogP contribution in [-0.2, 0) is 24.2 Å². The van der Waals surface area contributed by atoms with Crippen LogP contribution in [0, 0.1) is 0 Å². The molecule has 0 bridgehead atoms. The Morgan fingerprint density at radius 2 is 1.44 bits per heavy atom. The molecule has 3 aromatic rings. The number of ether oxygens (including phenoxy) is 1. The first-order valence-corrected chi connectivity index (χ1v) is 12.5. The number of hydrogen-bond acceptors (Lipinski definition) is 6. The molecule has 0 aliphatic carbocycles. The largest absolute Gasteiger partial charge is 0.456 e. The molecule has 1 aliphatic rings. The van der Waals surface area contributed by atoms with Crippen LogP contribution in [0.4, 0.5) is 11.4 Å². The Balaban J connectivity index is 1.42. The summed E-state index contributed by atoms with van der Waals surface area (Å²) in [4.78, 5) is 28.5. The molecule has 0 saturated carbocycles. The van der Waals surface area contributed by atoms with Gasteiger partial charge in [0.25, 0.3) is 5.91 Å². The summed E-state index contributed by atoms with van der Waals surface area (Å²) >= 11 is 7.51. The fourth-order valence-electron chi connectivity index (χ4n) is 3.28. The van der Waals surface area contributed by atoms with Crippen molar-refractivity contribution in [2.45, 2.75) is 21.1 Å². The summed E-state index contributed by atoms with van der Waals surface area (Å²) in [6.45, 7) is -0.502. The average Bonchev–Trinajstić information content (AvgIpc) is 2.79. The summed E-state index contributed by atoms with van der Waals surface area (Å²) in [6, 6.07) is 21.0. The number of anilines is 2. The van der Waals surface area contributed by atoms with E-state index in [0.29, 0.717) is 11.4 Å². The van der Waals surface area contributed by atoms with Crippen molar-refractivity contribution in [3.63, 3.8) is 0 Å². The van der Waals surface area contributed by atoms with E-state index < -0.39 is 34.1 Å². The maximum absolute atomic E-state index is 13.0. The Kier molecular flexibility index (Phi) is 6.55. The number of amides is 1. The molecule has 1 aliphatic heterocycles. The normalized spacial score (nSPS) is 12.6. The minimum absolute atomic E-state index is 0.0374.